The Bertz CT molecular complexity index is 827. The first-order chi connectivity index (χ1) is 8.66. The Labute approximate surface area is 117 Å². The fourth-order valence-electron chi connectivity index (χ4n) is 2.11. The highest BCUT2D eigenvalue weighted by Gasteiger charge is 2.05. The van der Waals surface area contributed by atoms with Crippen molar-refractivity contribution in [3.05, 3.63) is 68.2 Å². The van der Waals surface area contributed by atoms with Crippen LogP contribution >= 0.6 is 27.5 Å². The molecule has 3 rings (SSSR count). The van der Waals surface area contributed by atoms with Gasteiger partial charge in [0, 0.05) is 20.3 Å². The molecule has 88 valence electrons. The Morgan fingerprint density at radius 1 is 0.889 bits per heavy atom. The van der Waals surface area contributed by atoms with Crippen molar-refractivity contribution < 1.29 is 0 Å². The molecule has 0 aromatic heterocycles. The van der Waals surface area contributed by atoms with Gasteiger partial charge in [0.25, 0.3) is 0 Å². The molecule has 0 aliphatic rings. The second-order valence-electron chi connectivity index (χ2n) is 4.10. The number of benzene rings is 2. The number of hydrogen-bond donors (Lipinski definition) is 0. The number of halogens is 2. The highest BCUT2D eigenvalue weighted by molar-refractivity contribution is 9.10. The zero-order valence-electron chi connectivity index (χ0n) is 9.28. The van der Waals surface area contributed by atoms with Gasteiger partial charge in [-0.1, -0.05) is 51.8 Å². The predicted molar refractivity (Wildman–Crippen MR) is 80.4 cm³/mol. The maximum Gasteiger partial charge on any atom is 0.194 e. The summed E-state index contributed by atoms with van der Waals surface area (Å²) in [7, 11) is 0. The summed E-state index contributed by atoms with van der Waals surface area (Å²) in [5.74, 6) is 0. The monoisotopic (exact) mass is 318 g/mol. The molecule has 3 heteroatoms. The first-order valence-corrected chi connectivity index (χ1v) is 6.65. The van der Waals surface area contributed by atoms with Gasteiger partial charge in [-0.25, -0.2) is 0 Å². The maximum absolute atomic E-state index is 12.5. The largest absolute Gasteiger partial charge is 0.289 e. The third-order valence-electron chi connectivity index (χ3n) is 2.97. The molecule has 1 nitrogen and oxygen atoms in total. The van der Waals surface area contributed by atoms with Crippen LogP contribution < -0.4 is 5.43 Å². The Hall–Kier alpha value is -1.38. The average molecular weight is 320 g/mol. The smallest absolute Gasteiger partial charge is 0.194 e. The summed E-state index contributed by atoms with van der Waals surface area (Å²) < 4.78 is 0.896. The molecule has 0 bridgehead atoms. The van der Waals surface area contributed by atoms with E-state index in [1.54, 1.807) is 12.1 Å². The third kappa shape index (κ3) is 1.82. The minimum absolute atomic E-state index is 0.0305. The van der Waals surface area contributed by atoms with Gasteiger partial charge in [0.15, 0.2) is 5.43 Å². The van der Waals surface area contributed by atoms with E-state index in [0.717, 1.165) is 15.2 Å². The SMILES string of the molecule is O=c1c2ccc(Cl)cc2cc(Br)c2ccccc12. The molecule has 0 spiro atoms. The van der Waals surface area contributed by atoms with E-state index in [9.17, 15) is 4.79 Å². The molecular weight excluding hydrogens is 312 g/mol. The molecule has 3 aromatic carbocycles. The lowest BCUT2D eigenvalue weighted by molar-refractivity contribution is 1.74. The van der Waals surface area contributed by atoms with Crippen LogP contribution in [0.5, 0.6) is 0 Å². The second kappa shape index (κ2) is 4.38. The summed E-state index contributed by atoms with van der Waals surface area (Å²) in [5.41, 5.74) is 0.0305. The van der Waals surface area contributed by atoms with Crippen LogP contribution in [0.1, 0.15) is 0 Å². The Morgan fingerprint density at radius 3 is 2.39 bits per heavy atom. The van der Waals surface area contributed by atoms with E-state index >= 15 is 0 Å². The molecule has 0 atom stereocenters. The number of rotatable bonds is 0. The molecule has 0 radical (unpaired) electrons. The lowest BCUT2D eigenvalue weighted by Crippen LogP contribution is -1.97. The van der Waals surface area contributed by atoms with Crippen molar-refractivity contribution in [2.45, 2.75) is 0 Å². The van der Waals surface area contributed by atoms with Crippen LogP contribution in [0, 0.1) is 0 Å². The quantitative estimate of drug-likeness (QED) is 0.583. The summed E-state index contributed by atoms with van der Waals surface area (Å²) in [5, 5.41) is 3.78. The van der Waals surface area contributed by atoms with E-state index in [-0.39, 0.29) is 5.43 Å². The van der Waals surface area contributed by atoms with Crippen LogP contribution in [0.4, 0.5) is 0 Å². The van der Waals surface area contributed by atoms with Crippen LogP contribution in [-0.4, -0.2) is 0 Å². The van der Waals surface area contributed by atoms with Gasteiger partial charge in [-0.15, -0.1) is 0 Å². The number of fused-ring (bicyclic) bond motifs is 2. The molecule has 3 aromatic rings. The van der Waals surface area contributed by atoms with E-state index in [4.69, 9.17) is 11.6 Å². The highest BCUT2D eigenvalue weighted by atomic mass is 79.9. The molecule has 0 heterocycles. The Balaban J connectivity index is 2.69. The first kappa shape index (κ1) is 11.7. The van der Waals surface area contributed by atoms with Crippen LogP contribution in [0.25, 0.3) is 21.5 Å². The van der Waals surface area contributed by atoms with Gasteiger partial charge in [0.05, 0.1) is 0 Å². The average Bonchev–Trinajstić information content (AvgIpc) is 2.47. The fraction of sp³-hybridized carbons (Fsp3) is 0. The van der Waals surface area contributed by atoms with Crippen LogP contribution in [0.3, 0.4) is 0 Å². The van der Waals surface area contributed by atoms with E-state index in [0.29, 0.717) is 15.8 Å². The summed E-state index contributed by atoms with van der Waals surface area (Å²) in [4.78, 5) is 12.5. The normalized spacial score (nSPS) is 11.0. The van der Waals surface area contributed by atoms with Gasteiger partial charge < -0.3 is 0 Å². The van der Waals surface area contributed by atoms with Crippen LogP contribution in [0.15, 0.2) is 57.8 Å². The highest BCUT2D eigenvalue weighted by Crippen LogP contribution is 2.25. The Kier molecular flexibility index (Phi) is 2.84. The molecule has 0 saturated heterocycles. The molecule has 0 unspecified atom stereocenters. The standard InChI is InChI=1S/C15H8BrClO/c16-14-8-9-7-10(17)5-6-11(9)15(18)13-4-2-1-3-12(13)14/h1-8H. The summed E-state index contributed by atoms with van der Waals surface area (Å²) in [6.45, 7) is 0. The summed E-state index contributed by atoms with van der Waals surface area (Å²) in [6, 6.07) is 14.8. The summed E-state index contributed by atoms with van der Waals surface area (Å²) >= 11 is 9.51. The maximum atomic E-state index is 12.5. The van der Waals surface area contributed by atoms with Gasteiger partial charge in [-0.05, 0) is 35.0 Å². The van der Waals surface area contributed by atoms with Crippen molar-refractivity contribution >= 4 is 49.1 Å². The molecule has 0 amide bonds. The van der Waals surface area contributed by atoms with Crippen molar-refractivity contribution in [2.75, 3.05) is 0 Å². The minimum Gasteiger partial charge on any atom is -0.289 e. The van der Waals surface area contributed by atoms with Crippen molar-refractivity contribution in [1.29, 1.82) is 0 Å². The molecule has 0 aliphatic carbocycles. The van der Waals surface area contributed by atoms with Gasteiger partial charge in [-0.2, -0.15) is 0 Å². The van der Waals surface area contributed by atoms with Gasteiger partial charge in [-0.3, -0.25) is 4.79 Å². The fourth-order valence-corrected chi connectivity index (χ4v) is 2.88. The molecule has 0 saturated carbocycles. The molecule has 18 heavy (non-hydrogen) atoms. The lowest BCUT2D eigenvalue weighted by Gasteiger charge is -1.92. The van der Waals surface area contributed by atoms with E-state index in [1.165, 1.54) is 0 Å². The second-order valence-corrected chi connectivity index (χ2v) is 5.39. The van der Waals surface area contributed by atoms with Crippen molar-refractivity contribution in [3.63, 3.8) is 0 Å². The molecule has 0 aliphatic heterocycles. The van der Waals surface area contributed by atoms with E-state index in [1.807, 2.05) is 36.4 Å². The van der Waals surface area contributed by atoms with Gasteiger partial charge in [0.1, 0.15) is 0 Å². The predicted octanol–water partition coefficient (Wildman–Crippen LogP) is 4.77. The van der Waals surface area contributed by atoms with Gasteiger partial charge >= 0.3 is 0 Å². The van der Waals surface area contributed by atoms with Crippen LogP contribution in [0.2, 0.25) is 5.02 Å². The third-order valence-corrected chi connectivity index (χ3v) is 3.86. The van der Waals surface area contributed by atoms with Crippen molar-refractivity contribution in [2.24, 2.45) is 0 Å². The topological polar surface area (TPSA) is 17.1 Å². The van der Waals surface area contributed by atoms with E-state index < -0.39 is 0 Å². The lowest BCUT2D eigenvalue weighted by atomic mass is 10.1. The van der Waals surface area contributed by atoms with Gasteiger partial charge in [0.2, 0.25) is 0 Å². The molecular formula is C15H8BrClO. The first-order valence-electron chi connectivity index (χ1n) is 5.47. The molecule has 0 fully saturated rings. The zero-order chi connectivity index (χ0) is 12.7. The van der Waals surface area contributed by atoms with Crippen molar-refractivity contribution in [1.82, 2.24) is 0 Å². The zero-order valence-corrected chi connectivity index (χ0v) is 11.6. The minimum atomic E-state index is 0.0305. The summed E-state index contributed by atoms with van der Waals surface area (Å²) in [6.07, 6.45) is 0. The number of hydrogen-bond acceptors (Lipinski definition) is 1. The van der Waals surface area contributed by atoms with Crippen LogP contribution in [-0.2, 0) is 0 Å². The molecule has 0 N–H and O–H groups in total. The van der Waals surface area contributed by atoms with E-state index in [2.05, 4.69) is 15.9 Å². The van der Waals surface area contributed by atoms with Crippen molar-refractivity contribution in [3.8, 4) is 0 Å². The Morgan fingerprint density at radius 2 is 1.61 bits per heavy atom.